The SMILES string of the molecule is CC1CN2CCCC2CN1C1(CN)CCCCC1. The van der Waals surface area contributed by atoms with E-state index >= 15 is 0 Å². The molecule has 1 saturated carbocycles. The van der Waals surface area contributed by atoms with E-state index in [1.807, 2.05) is 0 Å². The molecular weight excluding hydrogens is 222 g/mol. The summed E-state index contributed by atoms with van der Waals surface area (Å²) in [5, 5.41) is 0. The van der Waals surface area contributed by atoms with Gasteiger partial charge in [0, 0.05) is 37.3 Å². The van der Waals surface area contributed by atoms with Gasteiger partial charge in [-0.3, -0.25) is 9.80 Å². The Bertz CT molecular complexity index is 285. The van der Waals surface area contributed by atoms with Crippen LogP contribution in [0.2, 0.25) is 0 Å². The fourth-order valence-electron chi connectivity index (χ4n) is 4.67. The highest BCUT2D eigenvalue weighted by Crippen LogP contribution is 2.37. The second-order valence-electron chi connectivity index (χ2n) is 6.78. The maximum absolute atomic E-state index is 6.21. The lowest BCUT2D eigenvalue weighted by atomic mass is 9.78. The molecule has 18 heavy (non-hydrogen) atoms. The van der Waals surface area contributed by atoms with Crippen LogP contribution in [0.5, 0.6) is 0 Å². The minimum Gasteiger partial charge on any atom is -0.329 e. The summed E-state index contributed by atoms with van der Waals surface area (Å²) in [5.41, 5.74) is 6.55. The zero-order valence-electron chi connectivity index (χ0n) is 11.9. The summed E-state index contributed by atoms with van der Waals surface area (Å²) in [6, 6.07) is 1.52. The average molecular weight is 251 g/mol. The molecule has 3 nitrogen and oxygen atoms in total. The van der Waals surface area contributed by atoms with Crippen LogP contribution in [0.3, 0.4) is 0 Å². The molecule has 2 N–H and O–H groups in total. The van der Waals surface area contributed by atoms with E-state index in [4.69, 9.17) is 5.73 Å². The van der Waals surface area contributed by atoms with Crippen molar-refractivity contribution in [1.82, 2.24) is 9.80 Å². The van der Waals surface area contributed by atoms with E-state index in [1.165, 1.54) is 64.6 Å². The summed E-state index contributed by atoms with van der Waals surface area (Å²) in [6.45, 7) is 7.16. The standard InChI is InChI=1S/C15H29N3/c1-13-10-17-9-5-6-14(17)11-18(13)15(12-16)7-3-2-4-8-15/h13-14H,2-12,16H2,1H3. The third-order valence-electron chi connectivity index (χ3n) is 5.71. The number of nitrogens with two attached hydrogens (primary N) is 1. The first kappa shape index (κ1) is 12.9. The number of nitrogens with zero attached hydrogens (tertiary/aromatic N) is 2. The maximum Gasteiger partial charge on any atom is 0.0335 e. The predicted molar refractivity (Wildman–Crippen MR) is 75.6 cm³/mol. The zero-order chi connectivity index (χ0) is 12.6. The summed E-state index contributed by atoms with van der Waals surface area (Å²) in [4.78, 5) is 5.52. The molecule has 0 amide bonds. The van der Waals surface area contributed by atoms with Crippen LogP contribution in [0, 0.1) is 0 Å². The molecule has 2 saturated heterocycles. The van der Waals surface area contributed by atoms with Crippen molar-refractivity contribution >= 4 is 0 Å². The molecule has 0 aromatic rings. The van der Waals surface area contributed by atoms with Gasteiger partial charge in [-0.25, -0.2) is 0 Å². The zero-order valence-corrected chi connectivity index (χ0v) is 11.9. The molecule has 2 aliphatic heterocycles. The summed E-state index contributed by atoms with van der Waals surface area (Å²) < 4.78 is 0. The van der Waals surface area contributed by atoms with Crippen molar-refractivity contribution in [1.29, 1.82) is 0 Å². The molecule has 2 atom stereocenters. The van der Waals surface area contributed by atoms with E-state index in [1.54, 1.807) is 0 Å². The highest BCUT2D eigenvalue weighted by Gasteiger charge is 2.44. The highest BCUT2D eigenvalue weighted by molar-refractivity contribution is 5.01. The molecule has 0 spiro atoms. The molecule has 3 rings (SSSR count). The largest absolute Gasteiger partial charge is 0.329 e. The van der Waals surface area contributed by atoms with Crippen LogP contribution in [-0.2, 0) is 0 Å². The molecule has 3 heteroatoms. The Morgan fingerprint density at radius 3 is 2.61 bits per heavy atom. The van der Waals surface area contributed by atoms with E-state index in [9.17, 15) is 0 Å². The topological polar surface area (TPSA) is 32.5 Å². The molecule has 3 fully saturated rings. The fourth-order valence-corrected chi connectivity index (χ4v) is 4.67. The molecule has 2 heterocycles. The van der Waals surface area contributed by atoms with Crippen molar-refractivity contribution in [3.63, 3.8) is 0 Å². The molecule has 0 aromatic carbocycles. The van der Waals surface area contributed by atoms with Gasteiger partial charge in [-0.1, -0.05) is 19.3 Å². The van der Waals surface area contributed by atoms with Gasteiger partial charge in [0.25, 0.3) is 0 Å². The van der Waals surface area contributed by atoms with Crippen LogP contribution in [0.15, 0.2) is 0 Å². The van der Waals surface area contributed by atoms with Crippen molar-refractivity contribution < 1.29 is 0 Å². The minimum absolute atomic E-state index is 0.340. The summed E-state index contributed by atoms with van der Waals surface area (Å²) in [7, 11) is 0. The van der Waals surface area contributed by atoms with Crippen molar-refractivity contribution in [2.24, 2.45) is 5.73 Å². The second-order valence-corrected chi connectivity index (χ2v) is 6.78. The Kier molecular flexibility index (Phi) is 3.65. The van der Waals surface area contributed by atoms with Crippen molar-refractivity contribution in [3.8, 4) is 0 Å². The maximum atomic E-state index is 6.21. The molecule has 2 unspecified atom stereocenters. The smallest absolute Gasteiger partial charge is 0.0335 e. The van der Waals surface area contributed by atoms with Crippen LogP contribution < -0.4 is 5.73 Å². The first-order chi connectivity index (χ1) is 8.75. The number of piperazine rings is 1. The lowest BCUT2D eigenvalue weighted by molar-refractivity contribution is -0.0374. The second kappa shape index (κ2) is 5.10. The lowest BCUT2D eigenvalue weighted by Gasteiger charge is -2.54. The Morgan fingerprint density at radius 2 is 1.89 bits per heavy atom. The number of rotatable bonds is 2. The normalized spacial score (nSPS) is 37.7. The molecule has 104 valence electrons. The molecule has 0 bridgehead atoms. The van der Waals surface area contributed by atoms with E-state index in [0.29, 0.717) is 11.6 Å². The van der Waals surface area contributed by atoms with Gasteiger partial charge in [-0.2, -0.15) is 0 Å². The molecule has 0 aromatic heterocycles. The van der Waals surface area contributed by atoms with Crippen LogP contribution >= 0.6 is 0 Å². The quantitative estimate of drug-likeness (QED) is 0.812. The van der Waals surface area contributed by atoms with Gasteiger partial charge in [0.05, 0.1) is 0 Å². The highest BCUT2D eigenvalue weighted by atomic mass is 15.3. The third kappa shape index (κ3) is 2.10. The number of hydrogen-bond donors (Lipinski definition) is 1. The molecule has 1 aliphatic carbocycles. The van der Waals surface area contributed by atoms with Crippen molar-refractivity contribution in [2.75, 3.05) is 26.2 Å². The van der Waals surface area contributed by atoms with Crippen molar-refractivity contribution in [3.05, 3.63) is 0 Å². The predicted octanol–water partition coefficient (Wildman–Crippen LogP) is 1.82. The Morgan fingerprint density at radius 1 is 1.11 bits per heavy atom. The van der Waals surface area contributed by atoms with E-state index in [-0.39, 0.29) is 0 Å². The monoisotopic (exact) mass is 251 g/mol. The van der Waals surface area contributed by atoms with Gasteiger partial charge in [-0.05, 0) is 39.2 Å². The Balaban J connectivity index is 1.76. The Labute approximate surface area is 112 Å². The Hall–Kier alpha value is -0.120. The molecule has 3 aliphatic rings. The van der Waals surface area contributed by atoms with Crippen LogP contribution in [0.1, 0.15) is 51.9 Å². The fraction of sp³-hybridized carbons (Fsp3) is 1.00. The van der Waals surface area contributed by atoms with Crippen molar-refractivity contribution in [2.45, 2.75) is 69.5 Å². The van der Waals surface area contributed by atoms with Crippen LogP contribution in [0.25, 0.3) is 0 Å². The molecule has 0 radical (unpaired) electrons. The summed E-state index contributed by atoms with van der Waals surface area (Å²) in [6.07, 6.45) is 9.66. The first-order valence-electron chi connectivity index (χ1n) is 7.96. The van der Waals surface area contributed by atoms with Gasteiger partial charge < -0.3 is 5.73 Å². The first-order valence-corrected chi connectivity index (χ1v) is 7.96. The van der Waals surface area contributed by atoms with E-state index in [0.717, 1.165) is 12.6 Å². The van der Waals surface area contributed by atoms with Gasteiger partial charge in [0.1, 0.15) is 0 Å². The van der Waals surface area contributed by atoms with Crippen LogP contribution in [0.4, 0.5) is 0 Å². The van der Waals surface area contributed by atoms with E-state index in [2.05, 4.69) is 16.7 Å². The van der Waals surface area contributed by atoms with Gasteiger partial charge in [0.2, 0.25) is 0 Å². The molecular formula is C15H29N3. The number of hydrogen-bond acceptors (Lipinski definition) is 3. The third-order valence-corrected chi connectivity index (χ3v) is 5.71. The number of fused-ring (bicyclic) bond motifs is 1. The van der Waals surface area contributed by atoms with E-state index < -0.39 is 0 Å². The lowest BCUT2D eigenvalue weighted by Crippen LogP contribution is -2.65. The minimum atomic E-state index is 0.340. The van der Waals surface area contributed by atoms with Crippen LogP contribution in [-0.4, -0.2) is 53.6 Å². The van der Waals surface area contributed by atoms with Gasteiger partial charge >= 0.3 is 0 Å². The average Bonchev–Trinajstić information content (AvgIpc) is 2.85. The summed E-state index contributed by atoms with van der Waals surface area (Å²) in [5.74, 6) is 0. The van der Waals surface area contributed by atoms with Gasteiger partial charge in [0.15, 0.2) is 0 Å². The summed E-state index contributed by atoms with van der Waals surface area (Å²) >= 11 is 0. The van der Waals surface area contributed by atoms with Gasteiger partial charge in [-0.15, -0.1) is 0 Å².